The fourth-order valence-corrected chi connectivity index (χ4v) is 1.18. The van der Waals surface area contributed by atoms with Gasteiger partial charge in [-0.1, -0.05) is 12.2 Å². The van der Waals surface area contributed by atoms with Crippen LogP contribution in [-0.2, 0) is 14.4 Å². The first-order valence-electron chi connectivity index (χ1n) is 4.94. The number of rotatable bonds is 6. The molecule has 1 aliphatic carbocycles. The number of allylic oxidation sites excluding steroid dienone is 2. The Hall–Kier alpha value is -1.68. The molecule has 0 saturated carbocycles. The average molecular weight is 223 g/mol. The largest absolute Gasteiger partial charge is 0.481 e. The monoisotopic (exact) mass is 223 g/mol. The van der Waals surface area contributed by atoms with Gasteiger partial charge in [-0.2, -0.15) is 0 Å². The van der Waals surface area contributed by atoms with Crippen molar-refractivity contribution in [2.24, 2.45) is 0 Å². The summed E-state index contributed by atoms with van der Waals surface area (Å²) in [7, 11) is 0. The number of carbonyl (C=O) groups is 1. The molecule has 0 aromatic rings. The maximum absolute atomic E-state index is 10.5. The summed E-state index contributed by atoms with van der Waals surface area (Å²) in [5.74, 6) is 0.945. The first-order chi connectivity index (χ1) is 7.74. The maximum atomic E-state index is 10.5. The van der Waals surface area contributed by atoms with E-state index in [1.54, 1.807) is 30.2 Å². The van der Waals surface area contributed by atoms with Crippen molar-refractivity contribution in [3.05, 3.63) is 29.9 Å². The van der Waals surface area contributed by atoms with Crippen LogP contribution in [0.3, 0.4) is 0 Å². The van der Waals surface area contributed by atoms with E-state index >= 15 is 0 Å². The Bertz CT molecular complexity index is 353. The molecule has 0 spiro atoms. The predicted octanol–water partition coefficient (Wildman–Crippen LogP) is 0.625. The molecule has 1 atom stereocenters. The van der Waals surface area contributed by atoms with Gasteiger partial charge in [0, 0.05) is 13.0 Å². The zero-order chi connectivity index (χ0) is 11.8. The van der Waals surface area contributed by atoms with E-state index in [0.717, 1.165) is 0 Å². The van der Waals surface area contributed by atoms with Crippen LogP contribution in [-0.4, -0.2) is 29.7 Å². The molecular formula is C11H13NO4. The molecule has 0 heterocycles. The fraction of sp³-hybridized carbons (Fsp3) is 0.364. The van der Waals surface area contributed by atoms with Crippen LogP contribution >= 0.6 is 0 Å². The van der Waals surface area contributed by atoms with Crippen LogP contribution in [0.25, 0.3) is 0 Å². The molecule has 0 aromatic carbocycles. The molecule has 1 aliphatic rings. The molecule has 0 aromatic heterocycles. The molecule has 0 radical (unpaired) electrons. The highest BCUT2D eigenvalue weighted by molar-refractivity contribution is 5.66. The van der Waals surface area contributed by atoms with E-state index in [-0.39, 0.29) is 6.42 Å². The second-order valence-electron chi connectivity index (χ2n) is 3.23. The quantitative estimate of drug-likeness (QED) is 0.392. The van der Waals surface area contributed by atoms with Crippen molar-refractivity contribution in [3.63, 3.8) is 0 Å². The van der Waals surface area contributed by atoms with Gasteiger partial charge in [-0.25, -0.2) is 10.3 Å². The zero-order valence-corrected chi connectivity index (χ0v) is 8.68. The molecule has 1 rings (SSSR count). The van der Waals surface area contributed by atoms with E-state index in [0.29, 0.717) is 18.5 Å². The molecule has 0 saturated heterocycles. The first kappa shape index (κ1) is 12.4. The Balaban J connectivity index is 2.22. The number of carbonyl (C=O) groups excluding carboxylic acids is 1. The maximum Gasteiger partial charge on any atom is 0.303 e. The van der Waals surface area contributed by atoms with Crippen molar-refractivity contribution in [1.29, 1.82) is 0 Å². The van der Waals surface area contributed by atoms with Gasteiger partial charge < -0.3 is 5.11 Å². The molecule has 0 fully saturated rings. The third-order valence-corrected chi connectivity index (χ3v) is 1.98. The second-order valence-corrected chi connectivity index (χ2v) is 3.23. The molecule has 86 valence electrons. The molecule has 0 aliphatic heterocycles. The smallest absolute Gasteiger partial charge is 0.303 e. The van der Waals surface area contributed by atoms with E-state index < -0.39 is 12.1 Å². The highest BCUT2D eigenvalue weighted by Gasteiger charge is 2.12. The van der Waals surface area contributed by atoms with E-state index in [1.165, 1.54) is 0 Å². The number of hydrogen-bond donors (Lipinski definition) is 2. The summed E-state index contributed by atoms with van der Waals surface area (Å²) in [5, 5.41) is 8.40. The lowest BCUT2D eigenvalue weighted by Crippen LogP contribution is -2.26. The Morgan fingerprint density at radius 1 is 1.56 bits per heavy atom. The van der Waals surface area contributed by atoms with Gasteiger partial charge in [0.1, 0.15) is 12.0 Å². The van der Waals surface area contributed by atoms with Crippen molar-refractivity contribution >= 4 is 11.9 Å². The highest BCUT2D eigenvalue weighted by Crippen LogP contribution is 2.10. The molecule has 2 N–H and O–H groups in total. The van der Waals surface area contributed by atoms with Gasteiger partial charge in [0.15, 0.2) is 0 Å². The topological polar surface area (TPSA) is 75.6 Å². The summed E-state index contributed by atoms with van der Waals surface area (Å²) in [6.45, 7) is 0.423. The van der Waals surface area contributed by atoms with Crippen molar-refractivity contribution in [1.82, 2.24) is 5.48 Å². The number of nitrogens with one attached hydrogen (secondary N) is 1. The van der Waals surface area contributed by atoms with Crippen molar-refractivity contribution in [3.8, 4) is 0 Å². The van der Waals surface area contributed by atoms with Crippen LogP contribution in [0, 0.1) is 0 Å². The molecule has 5 nitrogen and oxygen atoms in total. The number of carboxylic acid groups (broad SMARTS) is 1. The summed E-state index contributed by atoms with van der Waals surface area (Å²) in [4.78, 5) is 25.9. The van der Waals surface area contributed by atoms with Crippen molar-refractivity contribution in [2.45, 2.75) is 18.9 Å². The van der Waals surface area contributed by atoms with E-state index in [1.807, 2.05) is 0 Å². The van der Waals surface area contributed by atoms with E-state index in [9.17, 15) is 9.59 Å². The second kappa shape index (κ2) is 6.74. The third kappa shape index (κ3) is 4.23. The summed E-state index contributed by atoms with van der Waals surface area (Å²) < 4.78 is 0. The highest BCUT2D eigenvalue weighted by atomic mass is 16.7. The van der Waals surface area contributed by atoms with E-state index in [4.69, 9.17) is 9.94 Å². The summed E-state index contributed by atoms with van der Waals surface area (Å²) in [6.07, 6.45) is 6.94. The molecular weight excluding hydrogens is 210 g/mol. The summed E-state index contributed by atoms with van der Waals surface area (Å²) in [6, 6.07) is 0. The van der Waals surface area contributed by atoms with E-state index in [2.05, 4.69) is 5.48 Å². The SMILES string of the molecule is O=C=C1C=CC=CC1ONCCCC(=O)O. The number of hydrogen-bond acceptors (Lipinski definition) is 4. The Morgan fingerprint density at radius 3 is 3.06 bits per heavy atom. The Labute approximate surface area is 93.0 Å². The van der Waals surface area contributed by atoms with Gasteiger partial charge in [-0.05, 0) is 18.6 Å². The number of aliphatic carboxylic acids is 1. The minimum absolute atomic E-state index is 0.0904. The lowest BCUT2D eigenvalue weighted by atomic mass is 10.1. The van der Waals surface area contributed by atoms with Gasteiger partial charge in [-0.3, -0.25) is 9.63 Å². The van der Waals surface area contributed by atoms with Crippen molar-refractivity contribution in [2.75, 3.05) is 6.54 Å². The van der Waals surface area contributed by atoms with Crippen molar-refractivity contribution < 1.29 is 19.5 Å². The fourth-order valence-electron chi connectivity index (χ4n) is 1.18. The van der Waals surface area contributed by atoms with Gasteiger partial charge in [-0.15, -0.1) is 0 Å². The van der Waals surface area contributed by atoms with Gasteiger partial charge in [0.25, 0.3) is 0 Å². The zero-order valence-electron chi connectivity index (χ0n) is 8.68. The lowest BCUT2D eigenvalue weighted by Gasteiger charge is -2.14. The van der Waals surface area contributed by atoms with Crippen LogP contribution in [0.2, 0.25) is 0 Å². The Kier molecular flexibility index (Phi) is 5.22. The van der Waals surface area contributed by atoms with Crippen LogP contribution in [0.4, 0.5) is 0 Å². The average Bonchev–Trinajstić information content (AvgIpc) is 2.29. The predicted molar refractivity (Wildman–Crippen MR) is 57.2 cm³/mol. The lowest BCUT2D eigenvalue weighted by molar-refractivity contribution is -0.137. The summed E-state index contributed by atoms with van der Waals surface area (Å²) >= 11 is 0. The minimum atomic E-state index is -0.837. The van der Waals surface area contributed by atoms with Gasteiger partial charge in [0.2, 0.25) is 0 Å². The normalized spacial score (nSPS) is 18.5. The van der Waals surface area contributed by atoms with Gasteiger partial charge >= 0.3 is 5.97 Å². The molecule has 5 heteroatoms. The molecule has 0 bridgehead atoms. The van der Waals surface area contributed by atoms with Crippen LogP contribution in [0.1, 0.15) is 12.8 Å². The van der Waals surface area contributed by atoms with Crippen LogP contribution in [0.5, 0.6) is 0 Å². The molecule has 1 unspecified atom stereocenters. The molecule has 16 heavy (non-hydrogen) atoms. The van der Waals surface area contributed by atoms with Gasteiger partial charge in [0.05, 0.1) is 5.57 Å². The van der Waals surface area contributed by atoms with Crippen LogP contribution < -0.4 is 5.48 Å². The Morgan fingerprint density at radius 2 is 2.38 bits per heavy atom. The number of carboxylic acids is 1. The van der Waals surface area contributed by atoms with Crippen LogP contribution in [0.15, 0.2) is 29.9 Å². The number of hydroxylamine groups is 1. The first-order valence-corrected chi connectivity index (χ1v) is 4.94. The third-order valence-electron chi connectivity index (χ3n) is 1.98. The minimum Gasteiger partial charge on any atom is -0.481 e. The molecule has 0 amide bonds. The standard InChI is InChI=1S/C11H13NO4/c13-8-9-4-1-2-5-10(9)16-12-7-3-6-11(14)15/h1-2,4-5,10,12H,3,6-7H2,(H,14,15). The summed E-state index contributed by atoms with van der Waals surface area (Å²) in [5.41, 5.74) is 3.04.